The third kappa shape index (κ3) is 4.86. The summed E-state index contributed by atoms with van der Waals surface area (Å²) in [4.78, 5) is 26.7. The molecular weight excluding hydrogens is 276 g/mol. The molecule has 1 aromatic carbocycles. The number of carbonyl (C=O) groups excluding carboxylic acids is 2. The van der Waals surface area contributed by atoms with Crippen molar-refractivity contribution in [2.75, 3.05) is 13.6 Å². The van der Waals surface area contributed by atoms with Crippen LogP contribution in [0.4, 0.5) is 0 Å². The number of nitrogens with zero attached hydrogens (tertiary/aromatic N) is 1. The van der Waals surface area contributed by atoms with Gasteiger partial charge in [0.15, 0.2) is 0 Å². The van der Waals surface area contributed by atoms with Crippen molar-refractivity contribution in [1.82, 2.24) is 10.2 Å². The number of aryl methyl sites for hydroxylation is 1. The van der Waals surface area contributed by atoms with Crippen LogP contribution in [0.15, 0.2) is 24.3 Å². The molecule has 1 atom stereocenters. The summed E-state index contributed by atoms with van der Waals surface area (Å²) in [6.45, 7) is 8.62. The van der Waals surface area contributed by atoms with Crippen molar-refractivity contribution < 1.29 is 9.59 Å². The third-order valence-corrected chi connectivity index (χ3v) is 3.83. The lowest BCUT2D eigenvalue weighted by Gasteiger charge is -2.27. The van der Waals surface area contributed by atoms with Gasteiger partial charge in [-0.3, -0.25) is 9.59 Å². The quantitative estimate of drug-likeness (QED) is 0.842. The SMILES string of the molecule is CCCCN(C)C(=O)C(NC(=O)c1ccccc1C)C(C)C. The first-order chi connectivity index (χ1) is 10.4. The Hall–Kier alpha value is -1.84. The van der Waals surface area contributed by atoms with Crippen LogP contribution in [0.25, 0.3) is 0 Å². The highest BCUT2D eigenvalue weighted by molar-refractivity contribution is 5.98. The molecule has 0 saturated carbocycles. The molecule has 0 aliphatic heterocycles. The monoisotopic (exact) mass is 304 g/mol. The molecule has 1 aromatic rings. The van der Waals surface area contributed by atoms with Crippen molar-refractivity contribution in [3.8, 4) is 0 Å². The molecule has 0 aliphatic carbocycles. The summed E-state index contributed by atoms with van der Waals surface area (Å²) in [6.07, 6.45) is 2.01. The summed E-state index contributed by atoms with van der Waals surface area (Å²) in [5, 5.41) is 2.90. The first kappa shape index (κ1) is 18.2. The molecule has 122 valence electrons. The summed E-state index contributed by atoms with van der Waals surface area (Å²) >= 11 is 0. The summed E-state index contributed by atoms with van der Waals surface area (Å²) in [7, 11) is 1.80. The van der Waals surface area contributed by atoms with E-state index in [2.05, 4.69) is 12.2 Å². The Bertz CT molecular complexity index is 512. The van der Waals surface area contributed by atoms with Crippen molar-refractivity contribution >= 4 is 11.8 Å². The smallest absolute Gasteiger partial charge is 0.252 e. The van der Waals surface area contributed by atoms with Gasteiger partial charge in [0.25, 0.3) is 5.91 Å². The van der Waals surface area contributed by atoms with E-state index in [4.69, 9.17) is 0 Å². The molecule has 1 rings (SSSR count). The van der Waals surface area contributed by atoms with Crippen LogP contribution >= 0.6 is 0 Å². The van der Waals surface area contributed by atoms with Crippen LogP contribution in [0.3, 0.4) is 0 Å². The third-order valence-electron chi connectivity index (χ3n) is 3.83. The zero-order chi connectivity index (χ0) is 16.7. The van der Waals surface area contributed by atoms with E-state index in [0.717, 1.165) is 24.9 Å². The van der Waals surface area contributed by atoms with Crippen molar-refractivity contribution in [3.63, 3.8) is 0 Å². The Morgan fingerprint density at radius 2 is 1.86 bits per heavy atom. The number of rotatable bonds is 7. The van der Waals surface area contributed by atoms with E-state index in [1.165, 1.54) is 0 Å². The second-order valence-electron chi connectivity index (χ2n) is 6.12. The van der Waals surface area contributed by atoms with Crippen LogP contribution in [-0.2, 0) is 4.79 Å². The first-order valence-corrected chi connectivity index (χ1v) is 8.00. The number of nitrogens with one attached hydrogen (secondary N) is 1. The molecule has 0 heterocycles. The van der Waals surface area contributed by atoms with E-state index >= 15 is 0 Å². The second-order valence-corrected chi connectivity index (χ2v) is 6.12. The van der Waals surface area contributed by atoms with Gasteiger partial charge in [-0.15, -0.1) is 0 Å². The highest BCUT2D eigenvalue weighted by atomic mass is 16.2. The van der Waals surface area contributed by atoms with Crippen molar-refractivity contribution in [2.24, 2.45) is 5.92 Å². The number of likely N-dealkylation sites (N-methyl/N-ethyl adjacent to an activating group) is 1. The lowest BCUT2D eigenvalue weighted by atomic mass is 10.0. The molecule has 22 heavy (non-hydrogen) atoms. The van der Waals surface area contributed by atoms with Gasteiger partial charge in [0.1, 0.15) is 6.04 Å². The van der Waals surface area contributed by atoms with E-state index in [1.54, 1.807) is 18.0 Å². The molecule has 0 saturated heterocycles. The predicted molar refractivity (Wildman–Crippen MR) is 89.8 cm³/mol. The highest BCUT2D eigenvalue weighted by Crippen LogP contribution is 2.11. The van der Waals surface area contributed by atoms with Gasteiger partial charge in [-0.25, -0.2) is 0 Å². The average molecular weight is 304 g/mol. The molecule has 0 aromatic heterocycles. The molecule has 1 N–H and O–H groups in total. The Morgan fingerprint density at radius 1 is 1.23 bits per heavy atom. The van der Waals surface area contributed by atoms with Gasteiger partial charge in [0.2, 0.25) is 5.91 Å². The first-order valence-electron chi connectivity index (χ1n) is 8.00. The molecule has 0 spiro atoms. The Morgan fingerprint density at radius 3 is 2.41 bits per heavy atom. The Labute approximate surface area is 133 Å². The molecule has 0 fully saturated rings. The molecule has 2 amide bonds. The van der Waals surface area contributed by atoms with Crippen molar-refractivity contribution in [2.45, 2.75) is 46.6 Å². The maximum absolute atomic E-state index is 12.6. The average Bonchev–Trinajstić information content (AvgIpc) is 2.49. The van der Waals surface area contributed by atoms with Gasteiger partial charge in [-0.05, 0) is 30.9 Å². The van der Waals surface area contributed by atoms with Crippen LogP contribution in [-0.4, -0.2) is 36.3 Å². The maximum Gasteiger partial charge on any atom is 0.252 e. The fourth-order valence-electron chi connectivity index (χ4n) is 2.30. The van der Waals surface area contributed by atoms with E-state index in [1.807, 2.05) is 39.0 Å². The largest absolute Gasteiger partial charge is 0.344 e. The molecule has 1 unspecified atom stereocenters. The topological polar surface area (TPSA) is 49.4 Å². The zero-order valence-corrected chi connectivity index (χ0v) is 14.3. The van der Waals surface area contributed by atoms with Crippen LogP contribution in [0.1, 0.15) is 49.5 Å². The predicted octanol–water partition coefficient (Wildman–Crippen LogP) is 3.01. The molecule has 0 aliphatic rings. The van der Waals surface area contributed by atoms with E-state index in [-0.39, 0.29) is 17.7 Å². The summed E-state index contributed by atoms with van der Waals surface area (Å²) < 4.78 is 0. The standard InChI is InChI=1S/C18H28N2O2/c1-6-7-12-20(5)18(22)16(13(2)3)19-17(21)15-11-9-8-10-14(15)4/h8-11,13,16H,6-7,12H2,1-5H3,(H,19,21). The fourth-order valence-corrected chi connectivity index (χ4v) is 2.30. The van der Waals surface area contributed by atoms with Crippen LogP contribution in [0.5, 0.6) is 0 Å². The highest BCUT2D eigenvalue weighted by Gasteiger charge is 2.27. The number of hydrogen-bond donors (Lipinski definition) is 1. The number of hydrogen-bond acceptors (Lipinski definition) is 2. The fraction of sp³-hybridized carbons (Fsp3) is 0.556. The van der Waals surface area contributed by atoms with Crippen LogP contribution in [0, 0.1) is 12.8 Å². The number of carbonyl (C=O) groups is 2. The molecular formula is C18H28N2O2. The number of amides is 2. The van der Waals surface area contributed by atoms with E-state index < -0.39 is 6.04 Å². The molecule has 4 nitrogen and oxygen atoms in total. The lowest BCUT2D eigenvalue weighted by molar-refractivity contribution is -0.133. The summed E-state index contributed by atoms with van der Waals surface area (Å²) in [6, 6.07) is 6.92. The van der Waals surface area contributed by atoms with Gasteiger partial charge in [-0.1, -0.05) is 45.4 Å². The normalized spacial score (nSPS) is 12.1. The number of benzene rings is 1. The Kier molecular flexibility index (Phi) is 7.09. The molecule has 4 heteroatoms. The van der Waals surface area contributed by atoms with Crippen molar-refractivity contribution in [3.05, 3.63) is 35.4 Å². The van der Waals surface area contributed by atoms with Gasteiger partial charge in [0.05, 0.1) is 0 Å². The molecule has 0 radical (unpaired) electrons. The summed E-state index contributed by atoms with van der Waals surface area (Å²) in [5.74, 6) is -0.163. The number of unbranched alkanes of at least 4 members (excludes halogenated alkanes) is 1. The minimum Gasteiger partial charge on any atom is -0.344 e. The minimum atomic E-state index is -0.492. The zero-order valence-electron chi connectivity index (χ0n) is 14.3. The van der Waals surface area contributed by atoms with Crippen LogP contribution in [0.2, 0.25) is 0 Å². The van der Waals surface area contributed by atoms with Gasteiger partial charge < -0.3 is 10.2 Å². The molecule has 0 bridgehead atoms. The van der Waals surface area contributed by atoms with Gasteiger partial charge >= 0.3 is 0 Å². The summed E-state index contributed by atoms with van der Waals surface area (Å²) in [5.41, 5.74) is 1.53. The second kappa shape index (κ2) is 8.57. The van der Waals surface area contributed by atoms with Crippen LogP contribution < -0.4 is 5.32 Å². The minimum absolute atomic E-state index is 0.0228. The van der Waals surface area contributed by atoms with E-state index in [9.17, 15) is 9.59 Å². The van der Waals surface area contributed by atoms with Crippen molar-refractivity contribution in [1.29, 1.82) is 0 Å². The Balaban J connectivity index is 2.82. The maximum atomic E-state index is 12.6. The van der Waals surface area contributed by atoms with Gasteiger partial charge in [0, 0.05) is 19.2 Å². The van der Waals surface area contributed by atoms with Gasteiger partial charge in [-0.2, -0.15) is 0 Å². The van der Waals surface area contributed by atoms with E-state index in [0.29, 0.717) is 5.56 Å². The lowest BCUT2D eigenvalue weighted by Crippen LogP contribution is -2.50.